The van der Waals surface area contributed by atoms with Gasteiger partial charge in [0.2, 0.25) is 0 Å². The van der Waals surface area contributed by atoms with E-state index in [1.807, 2.05) is 62.4 Å². The van der Waals surface area contributed by atoms with Crippen molar-refractivity contribution in [2.45, 2.75) is 63.7 Å². The summed E-state index contributed by atoms with van der Waals surface area (Å²) in [5.41, 5.74) is 3.90. The molecule has 0 amide bonds. The number of carbonyl (C=O) groups is 1. The summed E-state index contributed by atoms with van der Waals surface area (Å²) in [6.45, 7) is 7.00. The monoisotopic (exact) mass is 553 g/mol. The molecule has 6 unspecified atom stereocenters. The van der Waals surface area contributed by atoms with Crippen LogP contribution in [-0.2, 0) is 36.5 Å². The third-order valence-corrected chi connectivity index (χ3v) is 6.20. The van der Waals surface area contributed by atoms with E-state index < -0.39 is 44.1 Å². The van der Waals surface area contributed by atoms with Crippen molar-refractivity contribution in [2.75, 3.05) is 40.2 Å². The summed E-state index contributed by atoms with van der Waals surface area (Å²) in [5.74, 6) is 0. The van der Waals surface area contributed by atoms with E-state index in [0.717, 1.165) is 49.0 Å². The Balaban J connectivity index is 0.000000295. The average molecular weight is 554 g/mol. The first-order valence-electron chi connectivity index (χ1n) is 13.7. The van der Waals surface area contributed by atoms with E-state index in [4.69, 9.17) is 25.1 Å². The van der Waals surface area contributed by atoms with Crippen LogP contribution in [-0.4, -0.2) is 92.5 Å². The number of rotatable bonds is 10. The fraction of sp³-hybridized carbons (Fsp3) is 0.552. The van der Waals surface area contributed by atoms with Gasteiger partial charge < -0.3 is 39.0 Å². The minimum atomic E-state index is -1.44. The summed E-state index contributed by atoms with van der Waals surface area (Å²) in [6, 6.07) is 15.4. The second-order valence-corrected chi connectivity index (χ2v) is 8.81. The highest BCUT2D eigenvalue weighted by molar-refractivity contribution is 5.74. The molecule has 2 aromatic carbocycles. The third-order valence-electron chi connectivity index (χ3n) is 6.20. The van der Waals surface area contributed by atoms with Crippen LogP contribution in [0, 0.1) is 0 Å². The van der Waals surface area contributed by atoms with Crippen molar-refractivity contribution in [1.82, 2.24) is 0 Å². The van der Waals surface area contributed by atoms with Gasteiger partial charge in [-0.25, -0.2) is 0 Å². The fourth-order valence-corrected chi connectivity index (χ4v) is 4.03. The number of fused-ring (bicyclic) bond motifs is 1. The number of halogens is 1. The number of hydrogen-bond donors (Lipinski definition) is 3. The van der Waals surface area contributed by atoms with Crippen LogP contribution in [0.25, 0.3) is 0 Å². The highest BCUT2D eigenvalue weighted by Crippen LogP contribution is 2.33. The molecule has 10 heteroatoms. The van der Waals surface area contributed by atoms with Gasteiger partial charge >= 0.3 is 0 Å². The first kappa shape index (κ1) is 31.3. The fourth-order valence-electron chi connectivity index (χ4n) is 4.03. The van der Waals surface area contributed by atoms with E-state index in [-0.39, 0.29) is 6.61 Å². The molecule has 218 valence electrons. The summed E-state index contributed by atoms with van der Waals surface area (Å²) < 4.78 is 42.7. The molecule has 6 atom stereocenters. The standard InChI is InChI=1S/C17H24O7.C11H14O2.CH3F/c1-2-21-8-7-10-3-5-11(6-4-10)17-22-9-12-15(24-17)13(18)14(19)16(20)23-12;1-2-13-8-7-10-3-5-11(9-12)6-4-10;1-2/h3-6,12-20H,2,7-9H2,1H3;3-6,9H,2,7-8H2,1H3;1H3/i;;1D. The molecule has 3 N–H and O–H groups in total. The Morgan fingerprint density at radius 3 is 1.97 bits per heavy atom. The molecule has 0 aliphatic carbocycles. The van der Waals surface area contributed by atoms with Crippen molar-refractivity contribution in [1.29, 1.82) is 0 Å². The molecular weight excluding hydrogens is 511 g/mol. The van der Waals surface area contributed by atoms with Gasteiger partial charge in [0.15, 0.2) is 12.6 Å². The number of hydrogen-bond acceptors (Lipinski definition) is 9. The summed E-state index contributed by atoms with van der Waals surface area (Å²) in [6.07, 6.45) is -3.47. The molecule has 2 heterocycles. The lowest BCUT2D eigenvalue weighted by atomic mass is 9.98. The van der Waals surface area contributed by atoms with Gasteiger partial charge in [0, 0.05) is 24.3 Å². The predicted molar refractivity (Wildman–Crippen MR) is 142 cm³/mol. The highest BCUT2D eigenvalue weighted by atomic mass is 19.1. The van der Waals surface area contributed by atoms with Crippen LogP contribution in [0.1, 0.15) is 48.6 Å². The molecular formula is C29H41FO9. The minimum absolute atomic E-state index is 0.169. The van der Waals surface area contributed by atoms with Crippen molar-refractivity contribution in [3.05, 3.63) is 70.8 Å². The molecule has 4 rings (SSSR count). The van der Waals surface area contributed by atoms with Crippen LogP contribution in [0.15, 0.2) is 48.5 Å². The summed E-state index contributed by atoms with van der Waals surface area (Å²) in [5, 5.41) is 29.3. The maximum atomic E-state index is 10.4. The van der Waals surface area contributed by atoms with Gasteiger partial charge in [0.1, 0.15) is 30.7 Å². The largest absolute Gasteiger partial charge is 0.387 e. The van der Waals surface area contributed by atoms with Gasteiger partial charge in [-0.2, -0.15) is 0 Å². The zero-order chi connectivity index (χ0) is 29.3. The molecule has 0 radical (unpaired) electrons. The SMILES string of the molecule is CCOCCc1ccc(C2OCC3OC(O)C(O)C(O)C3O2)cc1.CCOCCc1ccc(C=O)cc1.[2H]CF. The van der Waals surface area contributed by atoms with Crippen molar-refractivity contribution in [3.63, 3.8) is 0 Å². The maximum absolute atomic E-state index is 10.4. The van der Waals surface area contributed by atoms with E-state index in [2.05, 4.69) is 0 Å². The minimum Gasteiger partial charge on any atom is -0.387 e. The van der Waals surface area contributed by atoms with Crippen LogP contribution < -0.4 is 0 Å². The van der Waals surface area contributed by atoms with Crippen molar-refractivity contribution < 1.29 is 49.6 Å². The number of aldehydes is 1. The molecule has 2 aliphatic rings. The normalized spacial score (nSPS) is 26.2. The Kier molecular flexibility index (Phi) is 14.5. The van der Waals surface area contributed by atoms with Gasteiger partial charge in [-0.15, -0.1) is 0 Å². The lowest BCUT2D eigenvalue weighted by molar-refractivity contribution is -0.354. The first-order valence-corrected chi connectivity index (χ1v) is 13.0. The average Bonchev–Trinajstić information content (AvgIpc) is 2.98. The van der Waals surface area contributed by atoms with E-state index in [1.165, 1.54) is 5.56 Å². The number of aliphatic hydroxyl groups excluding tert-OH is 3. The highest BCUT2D eigenvalue weighted by Gasteiger charge is 2.48. The van der Waals surface area contributed by atoms with Crippen LogP contribution in [0.5, 0.6) is 0 Å². The lowest BCUT2D eigenvalue weighted by Gasteiger charge is -2.45. The first-order chi connectivity index (χ1) is 19.4. The van der Waals surface area contributed by atoms with Crippen LogP contribution in [0.3, 0.4) is 0 Å². The zero-order valence-corrected chi connectivity index (χ0v) is 22.5. The molecule has 2 aliphatic heterocycles. The van der Waals surface area contributed by atoms with E-state index in [9.17, 15) is 24.5 Å². The third kappa shape index (κ3) is 10.3. The molecule has 39 heavy (non-hydrogen) atoms. The number of aliphatic hydroxyl groups is 3. The molecule has 0 spiro atoms. The van der Waals surface area contributed by atoms with Gasteiger partial charge in [-0.05, 0) is 37.8 Å². The Labute approximate surface area is 230 Å². The Morgan fingerprint density at radius 1 is 0.923 bits per heavy atom. The number of carbonyl (C=O) groups excluding carboxylic acids is 1. The van der Waals surface area contributed by atoms with Crippen molar-refractivity contribution in [3.8, 4) is 0 Å². The molecule has 0 bridgehead atoms. The lowest BCUT2D eigenvalue weighted by Crippen LogP contribution is -2.61. The van der Waals surface area contributed by atoms with Crippen molar-refractivity contribution >= 4 is 6.29 Å². The van der Waals surface area contributed by atoms with Gasteiger partial charge in [0.05, 0.1) is 28.3 Å². The van der Waals surface area contributed by atoms with E-state index in [0.29, 0.717) is 13.2 Å². The topological polar surface area (TPSA) is 124 Å². The van der Waals surface area contributed by atoms with Crippen LogP contribution in [0.2, 0.25) is 0 Å². The molecule has 9 nitrogen and oxygen atoms in total. The van der Waals surface area contributed by atoms with Crippen molar-refractivity contribution in [2.24, 2.45) is 0 Å². The Morgan fingerprint density at radius 2 is 1.46 bits per heavy atom. The predicted octanol–water partition coefficient (Wildman–Crippen LogP) is 2.78. The molecule has 2 saturated heterocycles. The second kappa shape index (κ2) is 18.1. The number of benzene rings is 2. The molecule has 0 saturated carbocycles. The molecule has 2 aromatic rings. The Hall–Kier alpha value is -2.28. The van der Waals surface area contributed by atoms with Gasteiger partial charge in [-0.1, -0.05) is 48.5 Å². The van der Waals surface area contributed by atoms with Gasteiger partial charge in [-0.3, -0.25) is 9.18 Å². The summed E-state index contributed by atoms with van der Waals surface area (Å²) in [4.78, 5) is 10.4. The van der Waals surface area contributed by atoms with E-state index >= 15 is 0 Å². The number of ether oxygens (including phenoxy) is 5. The number of alkyl halides is 1. The second-order valence-electron chi connectivity index (χ2n) is 8.81. The Bertz CT molecular complexity index is 946. The smallest absolute Gasteiger partial charge is 0.184 e. The maximum Gasteiger partial charge on any atom is 0.184 e. The quantitative estimate of drug-likeness (QED) is 0.301. The molecule has 0 aromatic heterocycles. The summed E-state index contributed by atoms with van der Waals surface area (Å²) in [7, 11) is -1.00. The molecule has 2 fully saturated rings. The van der Waals surface area contributed by atoms with E-state index in [1.54, 1.807) is 0 Å². The zero-order valence-electron chi connectivity index (χ0n) is 23.5. The van der Waals surface area contributed by atoms with Gasteiger partial charge in [0.25, 0.3) is 0 Å². The van der Waals surface area contributed by atoms with Crippen LogP contribution >= 0.6 is 0 Å². The van der Waals surface area contributed by atoms with Crippen LogP contribution in [0.4, 0.5) is 4.39 Å². The summed E-state index contributed by atoms with van der Waals surface area (Å²) >= 11 is 0.